The summed E-state index contributed by atoms with van der Waals surface area (Å²) >= 11 is 3.60. The number of nitrogens with zero attached hydrogens (tertiary/aromatic N) is 1. The third-order valence-electron chi connectivity index (χ3n) is 4.31. The summed E-state index contributed by atoms with van der Waals surface area (Å²) < 4.78 is 18.5. The molecule has 20 heavy (non-hydrogen) atoms. The molecule has 0 unspecified atom stereocenters. The summed E-state index contributed by atoms with van der Waals surface area (Å²) in [5.41, 5.74) is 2.58. The maximum atomic E-state index is 5.80. The van der Waals surface area contributed by atoms with Crippen LogP contribution in [0.25, 0.3) is 0 Å². The summed E-state index contributed by atoms with van der Waals surface area (Å²) in [7, 11) is 0. The molecule has 2 fully saturated rings. The van der Waals surface area contributed by atoms with Crippen LogP contribution in [0.4, 0.5) is 0 Å². The summed E-state index contributed by atoms with van der Waals surface area (Å²) in [6.07, 6.45) is 1.97. The molecule has 3 aliphatic heterocycles. The average molecular weight is 340 g/mol. The molecule has 4 nitrogen and oxygen atoms in total. The van der Waals surface area contributed by atoms with Crippen LogP contribution in [-0.4, -0.2) is 43.6 Å². The zero-order valence-corrected chi connectivity index (χ0v) is 12.9. The highest BCUT2D eigenvalue weighted by molar-refractivity contribution is 9.10. The van der Waals surface area contributed by atoms with E-state index in [9.17, 15) is 0 Å². The molecule has 0 radical (unpaired) electrons. The van der Waals surface area contributed by atoms with Crippen LogP contribution in [0, 0.1) is 0 Å². The molecule has 5 heteroatoms. The smallest absolute Gasteiger partial charge is 0.182 e. The summed E-state index contributed by atoms with van der Waals surface area (Å²) in [4.78, 5) is 2.40. The predicted molar refractivity (Wildman–Crippen MR) is 77.9 cm³/mol. The molecular formula is C15H18BrNO3. The zero-order valence-electron chi connectivity index (χ0n) is 11.4. The summed E-state index contributed by atoms with van der Waals surface area (Å²) in [6.45, 7) is 5.02. The van der Waals surface area contributed by atoms with Gasteiger partial charge in [0, 0.05) is 36.0 Å². The number of halogens is 1. The topological polar surface area (TPSA) is 30.9 Å². The highest BCUT2D eigenvalue weighted by atomic mass is 79.9. The van der Waals surface area contributed by atoms with Crippen LogP contribution >= 0.6 is 15.9 Å². The zero-order chi connectivity index (χ0) is 13.6. The van der Waals surface area contributed by atoms with Gasteiger partial charge in [0.15, 0.2) is 5.79 Å². The van der Waals surface area contributed by atoms with Gasteiger partial charge in [0.2, 0.25) is 0 Å². The Morgan fingerprint density at radius 2 is 2.05 bits per heavy atom. The van der Waals surface area contributed by atoms with Crippen molar-refractivity contribution in [1.82, 2.24) is 4.90 Å². The lowest BCUT2D eigenvalue weighted by Gasteiger charge is -2.23. The fourth-order valence-corrected chi connectivity index (χ4v) is 3.95. The van der Waals surface area contributed by atoms with Gasteiger partial charge < -0.3 is 14.2 Å². The molecule has 0 aromatic heterocycles. The van der Waals surface area contributed by atoms with Crippen LogP contribution in [0.3, 0.4) is 0 Å². The summed E-state index contributed by atoms with van der Waals surface area (Å²) in [5, 5.41) is 0. The maximum absolute atomic E-state index is 5.80. The molecule has 3 heterocycles. The van der Waals surface area contributed by atoms with Crippen molar-refractivity contribution < 1.29 is 14.2 Å². The molecule has 0 N–H and O–H groups in total. The molecule has 0 bridgehead atoms. The van der Waals surface area contributed by atoms with E-state index < -0.39 is 0 Å². The van der Waals surface area contributed by atoms with Gasteiger partial charge in [-0.2, -0.15) is 0 Å². The lowest BCUT2D eigenvalue weighted by molar-refractivity contribution is -0.145. The van der Waals surface area contributed by atoms with E-state index in [1.54, 1.807) is 0 Å². The number of hydrogen-bond acceptors (Lipinski definition) is 4. The van der Waals surface area contributed by atoms with Crippen molar-refractivity contribution in [3.05, 3.63) is 27.7 Å². The van der Waals surface area contributed by atoms with Gasteiger partial charge in [-0.15, -0.1) is 0 Å². The second-order valence-electron chi connectivity index (χ2n) is 5.72. The Morgan fingerprint density at radius 3 is 2.90 bits per heavy atom. The van der Waals surface area contributed by atoms with Crippen LogP contribution in [0.1, 0.15) is 17.5 Å². The minimum atomic E-state index is -0.337. The number of ether oxygens (including phenoxy) is 3. The molecule has 1 spiro atoms. The number of benzene rings is 1. The molecule has 1 aromatic rings. The van der Waals surface area contributed by atoms with Gasteiger partial charge in [0.05, 0.1) is 26.4 Å². The third kappa shape index (κ3) is 2.26. The van der Waals surface area contributed by atoms with Crippen molar-refractivity contribution in [2.45, 2.75) is 25.2 Å². The molecular weight excluding hydrogens is 322 g/mol. The Kier molecular flexibility index (Phi) is 3.26. The number of hydrogen-bond donors (Lipinski definition) is 0. The number of likely N-dealkylation sites (tertiary alicyclic amines) is 1. The largest absolute Gasteiger partial charge is 0.493 e. The van der Waals surface area contributed by atoms with E-state index in [0.29, 0.717) is 0 Å². The molecule has 0 atom stereocenters. The van der Waals surface area contributed by atoms with Crippen molar-refractivity contribution in [3.8, 4) is 5.75 Å². The Labute approximate surface area is 127 Å². The second-order valence-corrected chi connectivity index (χ2v) is 6.64. The molecule has 0 amide bonds. The first kappa shape index (κ1) is 13.1. The van der Waals surface area contributed by atoms with E-state index in [1.165, 1.54) is 11.1 Å². The van der Waals surface area contributed by atoms with E-state index in [4.69, 9.17) is 14.2 Å². The van der Waals surface area contributed by atoms with Crippen LogP contribution in [-0.2, 0) is 22.4 Å². The van der Waals surface area contributed by atoms with Gasteiger partial charge in [0.1, 0.15) is 5.75 Å². The highest BCUT2D eigenvalue weighted by Crippen LogP contribution is 2.36. The Hall–Kier alpha value is -0.620. The first-order valence-electron chi connectivity index (χ1n) is 7.18. The number of rotatable bonds is 2. The van der Waals surface area contributed by atoms with E-state index in [0.717, 1.165) is 62.5 Å². The lowest BCUT2D eigenvalue weighted by atomic mass is 10.1. The quantitative estimate of drug-likeness (QED) is 0.827. The van der Waals surface area contributed by atoms with Crippen LogP contribution in [0.5, 0.6) is 5.75 Å². The molecule has 0 aliphatic carbocycles. The van der Waals surface area contributed by atoms with Gasteiger partial charge in [0.25, 0.3) is 0 Å². The van der Waals surface area contributed by atoms with Gasteiger partial charge in [-0.3, -0.25) is 4.90 Å². The maximum Gasteiger partial charge on any atom is 0.182 e. The summed E-state index contributed by atoms with van der Waals surface area (Å²) in [5.74, 6) is 0.748. The average Bonchev–Trinajstić information content (AvgIpc) is 3.12. The number of fused-ring (bicyclic) bond motifs is 1. The Balaban J connectivity index is 1.53. The van der Waals surface area contributed by atoms with Crippen LogP contribution in [0.15, 0.2) is 16.6 Å². The fourth-order valence-electron chi connectivity index (χ4n) is 3.40. The van der Waals surface area contributed by atoms with E-state index in [-0.39, 0.29) is 5.79 Å². The predicted octanol–water partition coefficient (Wildman–Crippen LogP) is 2.33. The van der Waals surface area contributed by atoms with E-state index in [2.05, 4.69) is 33.0 Å². The van der Waals surface area contributed by atoms with Gasteiger partial charge in [-0.1, -0.05) is 15.9 Å². The lowest BCUT2D eigenvalue weighted by Crippen LogP contribution is -2.34. The summed E-state index contributed by atoms with van der Waals surface area (Å²) in [6, 6.07) is 4.34. The van der Waals surface area contributed by atoms with Gasteiger partial charge >= 0.3 is 0 Å². The standard InChI is InChI=1S/C15H18BrNO3/c16-13-7-11-1-4-18-14(11)12(8-13)9-17-3-2-15(10-17)19-5-6-20-15/h7-8H,1-6,9-10H2. The molecule has 3 aliphatic rings. The highest BCUT2D eigenvalue weighted by Gasteiger charge is 2.43. The fraction of sp³-hybridized carbons (Fsp3) is 0.600. The van der Waals surface area contributed by atoms with Crippen molar-refractivity contribution in [1.29, 1.82) is 0 Å². The monoisotopic (exact) mass is 339 g/mol. The molecule has 4 rings (SSSR count). The minimum Gasteiger partial charge on any atom is -0.493 e. The van der Waals surface area contributed by atoms with Crippen LogP contribution in [0.2, 0.25) is 0 Å². The van der Waals surface area contributed by atoms with Crippen molar-refractivity contribution in [3.63, 3.8) is 0 Å². The normalized spacial score (nSPS) is 24.2. The van der Waals surface area contributed by atoms with Crippen molar-refractivity contribution in [2.24, 2.45) is 0 Å². The van der Waals surface area contributed by atoms with Crippen LogP contribution < -0.4 is 4.74 Å². The molecule has 2 saturated heterocycles. The molecule has 108 valence electrons. The Morgan fingerprint density at radius 1 is 1.20 bits per heavy atom. The van der Waals surface area contributed by atoms with E-state index in [1.807, 2.05) is 0 Å². The molecule has 0 saturated carbocycles. The first-order chi connectivity index (χ1) is 9.74. The minimum absolute atomic E-state index is 0.337. The Bertz CT molecular complexity index is 528. The van der Waals surface area contributed by atoms with E-state index >= 15 is 0 Å². The molecule has 1 aromatic carbocycles. The second kappa shape index (κ2) is 4.98. The SMILES string of the molecule is Brc1cc2c(c(CN3CCC4(C3)OCCO4)c1)OCC2. The third-order valence-corrected chi connectivity index (χ3v) is 4.76. The van der Waals surface area contributed by atoms with Gasteiger partial charge in [-0.25, -0.2) is 0 Å². The van der Waals surface area contributed by atoms with Crippen molar-refractivity contribution in [2.75, 3.05) is 32.9 Å². The van der Waals surface area contributed by atoms with Gasteiger partial charge in [-0.05, 0) is 17.7 Å². The van der Waals surface area contributed by atoms with Crippen molar-refractivity contribution >= 4 is 15.9 Å². The first-order valence-corrected chi connectivity index (χ1v) is 7.98.